The molecule has 0 fully saturated rings. The van der Waals surface area contributed by atoms with Crippen LogP contribution in [0.2, 0.25) is 0 Å². The summed E-state index contributed by atoms with van der Waals surface area (Å²) in [6, 6.07) is 16.2. The van der Waals surface area contributed by atoms with Crippen molar-refractivity contribution < 1.29 is 22.1 Å². The van der Waals surface area contributed by atoms with E-state index < -0.39 is 21.8 Å². The van der Waals surface area contributed by atoms with Crippen LogP contribution in [0.15, 0.2) is 48.5 Å². The van der Waals surface area contributed by atoms with Gasteiger partial charge in [0.05, 0.1) is 18.4 Å². The Bertz CT molecular complexity index is 907. The highest BCUT2D eigenvalue weighted by Crippen LogP contribution is 2.44. The highest BCUT2D eigenvalue weighted by molar-refractivity contribution is 7.85. The first-order chi connectivity index (χ1) is 12.7. The number of fused-ring (bicyclic) bond motifs is 3. The third-order valence-corrected chi connectivity index (χ3v) is 4.96. The maximum Gasteiger partial charge on any atom is 0.407 e. The zero-order valence-corrected chi connectivity index (χ0v) is 16.4. The molecule has 3 rings (SSSR count). The summed E-state index contributed by atoms with van der Waals surface area (Å²) in [6.45, 7) is 3.36. The minimum atomic E-state index is -3.58. The third-order valence-electron chi connectivity index (χ3n) is 4.42. The summed E-state index contributed by atoms with van der Waals surface area (Å²) in [5, 5.41) is 2.65. The number of carbonyl (C=O) groups is 1. The van der Waals surface area contributed by atoms with Gasteiger partial charge in [-0.2, -0.15) is 8.42 Å². The maximum atomic E-state index is 12.2. The lowest BCUT2D eigenvalue weighted by Gasteiger charge is -2.25. The Kier molecular flexibility index (Phi) is 5.26. The fourth-order valence-electron chi connectivity index (χ4n) is 3.20. The lowest BCUT2D eigenvalue weighted by Crippen LogP contribution is -2.47. The van der Waals surface area contributed by atoms with Gasteiger partial charge in [-0.05, 0) is 36.1 Å². The van der Waals surface area contributed by atoms with Crippen LogP contribution in [-0.2, 0) is 19.0 Å². The van der Waals surface area contributed by atoms with Crippen molar-refractivity contribution in [3.63, 3.8) is 0 Å². The maximum absolute atomic E-state index is 12.2. The van der Waals surface area contributed by atoms with Crippen molar-refractivity contribution in [1.29, 1.82) is 0 Å². The molecule has 2 aromatic carbocycles. The van der Waals surface area contributed by atoms with Gasteiger partial charge in [-0.3, -0.25) is 4.18 Å². The molecule has 0 saturated heterocycles. The minimum Gasteiger partial charge on any atom is -0.449 e. The standard InChI is InChI=1S/C20H23NO5S/c1-20(2,13-26-27(3,23)24)21-19(22)25-12-18-16-10-6-4-8-14(16)15-9-5-7-11-17(15)18/h4-11,18H,12-13H2,1-3H3,(H,21,22). The van der Waals surface area contributed by atoms with Crippen LogP contribution in [0, 0.1) is 0 Å². The number of benzene rings is 2. The molecule has 1 aliphatic rings. The topological polar surface area (TPSA) is 81.7 Å². The second kappa shape index (κ2) is 7.32. The zero-order chi connectivity index (χ0) is 19.7. The minimum absolute atomic E-state index is 0.0291. The number of rotatable bonds is 6. The first-order valence-corrected chi connectivity index (χ1v) is 10.5. The van der Waals surface area contributed by atoms with E-state index in [-0.39, 0.29) is 19.1 Å². The van der Waals surface area contributed by atoms with Crippen LogP contribution in [0.3, 0.4) is 0 Å². The van der Waals surface area contributed by atoms with Gasteiger partial charge in [-0.25, -0.2) is 4.79 Å². The van der Waals surface area contributed by atoms with E-state index in [0.717, 1.165) is 28.5 Å². The van der Waals surface area contributed by atoms with Crippen LogP contribution in [0.1, 0.15) is 30.9 Å². The van der Waals surface area contributed by atoms with E-state index in [1.165, 1.54) is 0 Å². The van der Waals surface area contributed by atoms with Gasteiger partial charge in [0.1, 0.15) is 6.61 Å². The molecule has 0 heterocycles. The first-order valence-electron chi connectivity index (χ1n) is 8.64. The second-order valence-electron chi connectivity index (χ2n) is 7.30. The summed E-state index contributed by atoms with van der Waals surface area (Å²) in [4.78, 5) is 12.2. The number of amides is 1. The lowest BCUT2D eigenvalue weighted by atomic mass is 9.98. The largest absolute Gasteiger partial charge is 0.449 e. The molecular weight excluding hydrogens is 366 g/mol. The van der Waals surface area contributed by atoms with Crippen molar-refractivity contribution in [1.82, 2.24) is 5.32 Å². The molecule has 2 aromatic rings. The normalized spacial score (nSPS) is 13.7. The van der Waals surface area contributed by atoms with Crippen LogP contribution in [0.25, 0.3) is 11.1 Å². The van der Waals surface area contributed by atoms with Gasteiger partial charge in [-0.1, -0.05) is 48.5 Å². The Morgan fingerprint density at radius 1 is 1.04 bits per heavy atom. The van der Waals surface area contributed by atoms with Crippen molar-refractivity contribution >= 4 is 16.2 Å². The van der Waals surface area contributed by atoms with E-state index in [0.29, 0.717) is 0 Å². The number of carbonyl (C=O) groups excluding carboxylic acids is 1. The quantitative estimate of drug-likeness (QED) is 0.767. The average Bonchev–Trinajstić information content (AvgIpc) is 2.92. The van der Waals surface area contributed by atoms with E-state index in [1.54, 1.807) is 13.8 Å². The molecule has 1 aliphatic carbocycles. The SMILES string of the molecule is CC(C)(COS(C)(=O)=O)NC(=O)OCC1c2ccccc2-c2ccccc21. The second-order valence-corrected chi connectivity index (χ2v) is 8.94. The predicted molar refractivity (Wildman–Crippen MR) is 103 cm³/mol. The van der Waals surface area contributed by atoms with E-state index in [2.05, 4.69) is 17.4 Å². The molecule has 7 heteroatoms. The number of nitrogens with one attached hydrogen (secondary N) is 1. The molecule has 0 aliphatic heterocycles. The van der Waals surface area contributed by atoms with Gasteiger partial charge in [0.2, 0.25) is 0 Å². The lowest BCUT2D eigenvalue weighted by molar-refractivity contribution is 0.123. The summed E-state index contributed by atoms with van der Waals surface area (Å²) >= 11 is 0. The Morgan fingerprint density at radius 2 is 1.56 bits per heavy atom. The zero-order valence-electron chi connectivity index (χ0n) is 15.6. The highest BCUT2D eigenvalue weighted by atomic mass is 32.2. The first kappa shape index (κ1) is 19.4. The number of ether oxygens (including phenoxy) is 1. The Labute approximate surface area is 159 Å². The van der Waals surface area contributed by atoms with Crippen molar-refractivity contribution in [3.8, 4) is 11.1 Å². The molecule has 1 amide bonds. The number of hydrogen-bond acceptors (Lipinski definition) is 5. The number of alkyl carbamates (subject to hydrolysis) is 1. The van der Waals surface area contributed by atoms with Crippen LogP contribution in [0.4, 0.5) is 4.79 Å². The third kappa shape index (κ3) is 4.67. The van der Waals surface area contributed by atoms with Crippen molar-refractivity contribution in [2.24, 2.45) is 0 Å². The smallest absolute Gasteiger partial charge is 0.407 e. The Morgan fingerprint density at radius 3 is 2.07 bits per heavy atom. The average molecular weight is 389 g/mol. The molecule has 0 unspecified atom stereocenters. The summed E-state index contributed by atoms with van der Waals surface area (Å²) in [5.74, 6) is -0.0291. The fraction of sp³-hybridized carbons (Fsp3) is 0.350. The van der Waals surface area contributed by atoms with Crippen LogP contribution >= 0.6 is 0 Å². The highest BCUT2D eigenvalue weighted by Gasteiger charge is 2.30. The molecule has 6 nitrogen and oxygen atoms in total. The summed E-state index contributed by atoms with van der Waals surface area (Å²) in [7, 11) is -3.58. The Balaban J connectivity index is 1.66. The van der Waals surface area contributed by atoms with Crippen LogP contribution < -0.4 is 5.32 Å². The summed E-state index contributed by atoms with van der Waals surface area (Å²) in [6.07, 6.45) is 0.357. The van der Waals surface area contributed by atoms with E-state index in [4.69, 9.17) is 8.92 Å². The predicted octanol–water partition coefficient (Wildman–Crippen LogP) is 3.28. The molecule has 1 N–H and O–H groups in total. The van der Waals surface area contributed by atoms with Gasteiger partial charge in [0.15, 0.2) is 0 Å². The van der Waals surface area contributed by atoms with Crippen molar-refractivity contribution in [2.45, 2.75) is 25.3 Å². The molecule has 0 bridgehead atoms. The van der Waals surface area contributed by atoms with Crippen LogP contribution in [-0.4, -0.2) is 39.5 Å². The monoisotopic (exact) mass is 389 g/mol. The van der Waals surface area contributed by atoms with Gasteiger partial charge in [0.25, 0.3) is 10.1 Å². The summed E-state index contributed by atoms with van der Waals surface area (Å²) in [5.41, 5.74) is 3.69. The van der Waals surface area contributed by atoms with Crippen molar-refractivity contribution in [2.75, 3.05) is 19.5 Å². The molecule has 0 saturated carbocycles. The molecule has 0 atom stereocenters. The van der Waals surface area contributed by atoms with Gasteiger partial charge in [-0.15, -0.1) is 0 Å². The molecular formula is C20H23NO5S. The molecule has 0 aromatic heterocycles. The molecule has 0 radical (unpaired) electrons. The van der Waals surface area contributed by atoms with Crippen LogP contribution in [0.5, 0.6) is 0 Å². The van der Waals surface area contributed by atoms with E-state index in [9.17, 15) is 13.2 Å². The molecule has 144 valence electrons. The number of hydrogen-bond donors (Lipinski definition) is 1. The summed E-state index contributed by atoms with van der Waals surface area (Å²) < 4.78 is 32.5. The molecule has 0 spiro atoms. The van der Waals surface area contributed by atoms with Gasteiger partial charge in [0, 0.05) is 5.92 Å². The van der Waals surface area contributed by atoms with Gasteiger partial charge < -0.3 is 10.1 Å². The molecule has 27 heavy (non-hydrogen) atoms. The Hall–Kier alpha value is -2.38. The van der Waals surface area contributed by atoms with E-state index >= 15 is 0 Å². The fourth-order valence-corrected chi connectivity index (χ4v) is 3.71. The van der Waals surface area contributed by atoms with Crippen molar-refractivity contribution in [3.05, 3.63) is 59.7 Å². The van der Waals surface area contributed by atoms with Gasteiger partial charge >= 0.3 is 6.09 Å². The van der Waals surface area contributed by atoms with E-state index in [1.807, 2.05) is 36.4 Å².